The Balaban J connectivity index is 1.78. The first-order valence-corrected chi connectivity index (χ1v) is 11.0. The second-order valence-corrected chi connectivity index (χ2v) is 8.64. The molecule has 0 radical (unpaired) electrons. The van der Waals surface area contributed by atoms with Gasteiger partial charge in [0.25, 0.3) is 11.8 Å². The van der Waals surface area contributed by atoms with Crippen molar-refractivity contribution in [1.29, 1.82) is 0 Å². The van der Waals surface area contributed by atoms with Crippen molar-refractivity contribution in [3.05, 3.63) is 67.1 Å². The van der Waals surface area contributed by atoms with E-state index < -0.39 is 17.9 Å². The average Bonchev–Trinajstić information content (AvgIpc) is 3.05. The van der Waals surface area contributed by atoms with Crippen molar-refractivity contribution < 1.29 is 19.1 Å². The molecule has 0 bridgehead atoms. The third kappa shape index (κ3) is 3.92. The van der Waals surface area contributed by atoms with E-state index in [0.29, 0.717) is 26.3 Å². The van der Waals surface area contributed by atoms with Gasteiger partial charge in [0.1, 0.15) is 6.04 Å². The summed E-state index contributed by atoms with van der Waals surface area (Å²) >= 11 is 24.7. The highest BCUT2D eigenvalue weighted by Crippen LogP contribution is 2.45. The molecule has 2 heterocycles. The summed E-state index contributed by atoms with van der Waals surface area (Å²) in [4.78, 5) is 42.6. The largest absolute Gasteiger partial charge is 0.378 e. The summed E-state index contributed by atoms with van der Waals surface area (Å²) in [6.07, 6.45) is 0.138. The number of morpholine rings is 1. The second kappa shape index (κ2) is 8.96. The van der Waals surface area contributed by atoms with Crippen LogP contribution < -0.4 is 0 Å². The molecule has 3 amide bonds. The van der Waals surface area contributed by atoms with E-state index in [9.17, 15) is 14.4 Å². The average molecular weight is 502 g/mol. The van der Waals surface area contributed by atoms with Crippen LogP contribution in [0.3, 0.4) is 0 Å². The summed E-state index contributed by atoms with van der Waals surface area (Å²) in [5, 5.41) is -0.559. The molecule has 162 valence electrons. The number of halogens is 4. The Kier molecular flexibility index (Phi) is 6.47. The standard InChI is InChI=1S/C21H16Cl4N2O4/c22-15-13-14(16(23)18(25)17(15)24)21(30)27(20(13)29)12(10-11-4-2-1-3-5-11)19(28)26-6-8-31-9-7-26/h1-5,12H,6-10H2/t12-/m0/s1. The predicted octanol–water partition coefficient (Wildman–Crippen LogP) is 4.37. The number of hydrogen-bond donors (Lipinski definition) is 0. The van der Waals surface area contributed by atoms with E-state index in [4.69, 9.17) is 51.1 Å². The fraction of sp³-hybridized carbons (Fsp3) is 0.286. The summed E-state index contributed by atoms with van der Waals surface area (Å²) in [7, 11) is 0. The lowest BCUT2D eigenvalue weighted by atomic mass is 10.0. The van der Waals surface area contributed by atoms with Gasteiger partial charge in [-0.2, -0.15) is 0 Å². The third-order valence-corrected chi connectivity index (χ3v) is 7.13. The Morgan fingerprint density at radius 1 is 0.871 bits per heavy atom. The second-order valence-electron chi connectivity index (χ2n) is 7.13. The maximum atomic E-state index is 13.4. The maximum Gasteiger partial charge on any atom is 0.263 e. The molecule has 4 rings (SSSR count). The van der Waals surface area contributed by atoms with E-state index in [2.05, 4.69) is 0 Å². The van der Waals surface area contributed by atoms with E-state index in [1.807, 2.05) is 30.3 Å². The molecule has 10 heteroatoms. The van der Waals surface area contributed by atoms with Gasteiger partial charge in [0.05, 0.1) is 44.4 Å². The van der Waals surface area contributed by atoms with E-state index in [0.717, 1.165) is 10.5 Å². The number of nitrogens with zero attached hydrogens (tertiary/aromatic N) is 2. The van der Waals surface area contributed by atoms with Gasteiger partial charge in [0.2, 0.25) is 5.91 Å². The van der Waals surface area contributed by atoms with Crippen molar-refractivity contribution in [3.8, 4) is 0 Å². The SMILES string of the molecule is O=C([C@H](Cc1ccccc1)N1C(=O)c2c(Cl)c(Cl)c(Cl)c(Cl)c2C1=O)N1CCOCC1. The molecule has 6 nitrogen and oxygen atoms in total. The minimum Gasteiger partial charge on any atom is -0.378 e. The highest BCUT2D eigenvalue weighted by molar-refractivity contribution is 6.55. The van der Waals surface area contributed by atoms with E-state index >= 15 is 0 Å². The molecule has 0 spiro atoms. The first-order valence-electron chi connectivity index (χ1n) is 9.47. The summed E-state index contributed by atoms with van der Waals surface area (Å²) in [5.41, 5.74) is 0.511. The van der Waals surface area contributed by atoms with Crippen LogP contribution in [0.5, 0.6) is 0 Å². The lowest BCUT2D eigenvalue weighted by molar-refractivity contribution is -0.139. The zero-order valence-corrected chi connectivity index (χ0v) is 19.1. The summed E-state index contributed by atoms with van der Waals surface area (Å²) in [6, 6.07) is 8.05. The molecule has 2 aromatic carbocycles. The Morgan fingerprint density at radius 2 is 1.39 bits per heavy atom. The van der Waals surface area contributed by atoms with Crippen molar-refractivity contribution in [2.75, 3.05) is 26.3 Å². The number of carbonyl (C=O) groups excluding carboxylic acids is 3. The number of imide groups is 1. The van der Waals surface area contributed by atoms with Crippen LogP contribution in [0, 0.1) is 0 Å². The minimum absolute atomic E-state index is 0.116. The lowest BCUT2D eigenvalue weighted by Crippen LogP contribution is -2.54. The zero-order valence-electron chi connectivity index (χ0n) is 16.0. The van der Waals surface area contributed by atoms with Gasteiger partial charge < -0.3 is 9.64 Å². The predicted molar refractivity (Wildman–Crippen MR) is 118 cm³/mol. The van der Waals surface area contributed by atoms with E-state index in [-0.39, 0.29) is 43.5 Å². The topological polar surface area (TPSA) is 66.9 Å². The number of hydrogen-bond acceptors (Lipinski definition) is 4. The number of amides is 3. The van der Waals surface area contributed by atoms with Crippen molar-refractivity contribution in [2.45, 2.75) is 12.5 Å². The Bertz CT molecular complexity index is 1020. The van der Waals surface area contributed by atoms with Gasteiger partial charge in [-0.15, -0.1) is 0 Å². The van der Waals surface area contributed by atoms with Gasteiger partial charge in [0.15, 0.2) is 0 Å². The van der Waals surface area contributed by atoms with Crippen LogP contribution in [0.25, 0.3) is 0 Å². The van der Waals surface area contributed by atoms with Crippen LogP contribution in [0.1, 0.15) is 26.3 Å². The number of ether oxygens (including phenoxy) is 1. The summed E-state index contributed by atoms with van der Waals surface area (Å²) < 4.78 is 5.32. The number of carbonyl (C=O) groups is 3. The molecule has 2 aliphatic rings. The number of rotatable bonds is 4. The molecular formula is C21H16Cl4N2O4. The Labute approximate surface area is 198 Å². The molecule has 2 aliphatic heterocycles. The Hall–Kier alpha value is -1.83. The molecule has 2 aromatic rings. The minimum atomic E-state index is -1.09. The van der Waals surface area contributed by atoms with Crippen LogP contribution in [0.15, 0.2) is 30.3 Å². The van der Waals surface area contributed by atoms with Gasteiger partial charge in [-0.05, 0) is 5.56 Å². The fourth-order valence-electron chi connectivity index (χ4n) is 3.77. The smallest absolute Gasteiger partial charge is 0.263 e. The van der Waals surface area contributed by atoms with Crippen molar-refractivity contribution >= 4 is 64.1 Å². The molecule has 0 unspecified atom stereocenters. The third-order valence-electron chi connectivity index (χ3n) is 5.32. The van der Waals surface area contributed by atoms with Crippen molar-refractivity contribution in [3.63, 3.8) is 0 Å². The first kappa shape index (κ1) is 22.4. The monoisotopic (exact) mass is 500 g/mol. The molecule has 0 aliphatic carbocycles. The first-order chi connectivity index (χ1) is 14.8. The molecule has 1 fully saturated rings. The van der Waals surface area contributed by atoms with Crippen LogP contribution in [-0.4, -0.2) is 59.9 Å². The lowest BCUT2D eigenvalue weighted by Gasteiger charge is -2.33. The fourth-order valence-corrected chi connectivity index (χ4v) is 4.78. The zero-order chi connectivity index (χ0) is 22.3. The van der Waals surface area contributed by atoms with Crippen LogP contribution in [-0.2, 0) is 16.0 Å². The quantitative estimate of drug-likeness (QED) is 0.354. The molecule has 31 heavy (non-hydrogen) atoms. The van der Waals surface area contributed by atoms with Gasteiger partial charge in [-0.25, -0.2) is 0 Å². The van der Waals surface area contributed by atoms with E-state index in [1.54, 1.807) is 4.90 Å². The molecule has 0 N–H and O–H groups in total. The molecule has 1 atom stereocenters. The van der Waals surface area contributed by atoms with Gasteiger partial charge in [-0.3, -0.25) is 19.3 Å². The Morgan fingerprint density at radius 3 is 1.90 bits per heavy atom. The molecular weight excluding hydrogens is 486 g/mol. The number of fused-ring (bicyclic) bond motifs is 1. The summed E-state index contributed by atoms with van der Waals surface area (Å²) in [6.45, 7) is 1.50. The van der Waals surface area contributed by atoms with Crippen LogP contribution in [0.2, 0.25) is 20.1 Å². The van der Waals surface area contributed by atoms with Gasteiger partial charge in [0, 0.05) is 19.5 Å². The highest BCUT2D eigenvalue weighted by atomic mass is 35.5. The normalized spacial score (nSPS) is 17.2. The molecule has 0 aromatic heterocycles. The van der Waals surface area contributed by atoms with Crippen molar-refractivity contribution in [2.24, 2.45) is 0 Å². The van der Waals surface area contributed by atoms with Gasteiger partial charge >= 0.3 is 0 Å². The summed E-state index contributed by atoms with van der Waals surface area (Å²) in [5.74, 6) is -1.81. The number of benzene rings is 2. The van der Waals surface area contributed by atoms with Crippen molar-refractivity contribution in [1.82, 2.24) is 9.80 Å². The highest BCUT2D eigenvalue weighted by Gasteiger charge is 2.47. The molecule has 1 saturated heterocycles. The molecule has 0 saturated carbocycles. The maximum absolute atomic E-state index is 13.4. The van der Waals surface area contributed by atoms with E-state index in [1.165, 1.54) is 0 Å². The van der Waals surface area contributed by atoms with Crippen LogP contribution >= 0.6 is 46.4 Å². The van der Waals surface area contributed by atoms with Gasteiger partial charge in [-0.1, -0.05) is 76.7 Å². The van der Waals surface area contributed by atoms with Crippen LogP contribution in [0.4, 0.5) is 0 Å².